The predicted molar refractivity (Wildman–Crippen MR) is 49.5 cm³/mol. The van der Waals surface area contributed by atoms with Gasteiger partial charge in [0.1, 0.15) is 0 Å². The number of halogens is 3. The maximum atomic E-state index is 10.9. The average molecular weight is 247 g/mol. The second kappa shape index (κ2) is 3.46. The molecule has 0 atom stereocenters. The number of carbonyl (C=O) groups excluding carboxylic acids is 2. The van der Waals surface area contributed by atoms with Crippen LogP contribution in [-0.4, -0.2) is 14.9 Å². The van der Waals surface area contributed by atoms with Crippen LogP contribution in [0.4, 0.5) is 4.79 Å². The fourth-order valence-corrected chi connectivity index (χ4v) is 1.81. The van der Waals surface area contributed by atoms with Gasteiger partial charge in [0.15, 0.2) is 0 Å². The van der Waals surface area contributed by atoms with Gasteiger partial charge < -0.3 is 0 Å². The standard InChI is InChI=1S/C5H2Cl3NO2S/c6-5(7,8)1-2-3(10)9-4(11)12-2/h1H,(H,9,10,11)/b2-1-. The molecule has 1 heterocycles. The van der Waals surface area contributed by atoms with Crippen LogP contribution in [0, 0.1) is 0 Å². The summed E-state index contributed by atoms with van der Waals surface area (Å²) in [6.07, 6.45) is 1.10. The number of nitrogens with one attached hydrogen (secondary N) is 1. The van der Waals surface area contributed by atoms with Gasteiger partial charge in [-0.1, -0.05) is 34.8 Å². The van der Waals surface area contributed by atoms with Crippen LogP contribution in [-0.2, 0) is 4.79 Å². The molecule has 2 amide bonds. The van der Waals surface area contributed by atoms with Crippen LogP contribution >= 0.6 is 46.6 Å². The Morgan fingerprint density at radius 3 is 2.25 bits per heavy atom. The van der Waals surface area contributed by atoms with Crippen LogP contribution in [0.25, 0.3) is 0 Å². The molecule has 0 spiro atoms. The van der Waals surface area contributed by atoms with Crippen molar-refractivity contribution in [1.82, 2.24) is 5.32 Å². The number of imide groups is 1. The molecule has 0 unspecified atom stereocenters. The molecule has 66 valence electrons. The summed E-state index contributed by atoms with van der Waals surface area (Å²) in [6.45, 7) is 0. The molecule has 0 bridgehead atoms. The Kier molecular flexibility index (Phi) is 2.93. The lowest BCUT2D eigenvalue weighted by molar-refractivity contribution is -0.115. The maximum Gasteiger partial charge on any atom is 0.290 e. The van der Waals surface area contributed by atoms with Gasteiger partial charge in [0.2, 0.25) is 3.79 Å². The van der Waals surface area contributed by atoms with Crippen molar-refractivity contribution < 1.29 is 9.59 Å². The number of thioether (sulfide) groups is 1. The molecule has 1 aliphatic heterocycles. The molecule has 1 rings (SSSR count). The second-order valence-electron chi connectivity index (χ2n) is 1.89. The van der Waals surface area contributed by atoms with Gasteiger partial charge in [-0.3, -0.25) is 14.9 Å². The van der Waals surface area contributed by atoms with E-state index in [9.17, 15) is 9.59 Å². The lowest BCUT2D eigenvalue weighted by Gasteiger charge is -2.02. The van der Waals surface area contributed by atoms with E-state index in [0.717, 1.165) is 6.08 Å². The monoisotopic (exact) mass is 245 g/mol. The Hall–Kier alpha value is 0.1000. The highest BCUT2D eigenvalue weighted by Gasteiger charge is 2.29. The van der Waals surface area contributed by atoms with Crippen LogP contribution < -0.4 is 5.32 Å². The first-order valence-electron chi connectivity index (χ1n) is 2.71. The van der Waals surface area contributed by atoms with Gasteiger partial charge in [-0.15, -0.1) is 0 Å². The van der Waals surface area contributed by atoms with Gasteiger partial charge in [-0.25, -0.2) is 0 Å². The lowest BCUT2D eigenvalue weighted by Crippen LogP contribution is -2.18. The van der Waals surface area contributed by atoms with E-state index in [1.807, 2.05) is 5.32 Å². The minimum Gasteiger partial charge on any atom is -0.282 e. The fraction of sp³-hybridized carbons (Fsp3) is 0.200. The molecule has 1 fully saturated rings. The summed E-state index contributed by atoms with van der Waals surface area (Å²) in [5.41, 5.74) is 0. The Labute approximate surface area is 87.4 Å². The summed E-state index contributed by atoms with van der Waals surface area (Å²) in [5.74, 6) is -0.531. The predicted octanol–water partition coefficient (Wildman–Crippen LogP) is 2.22. The average Bonchev–Trinajstić information content (AvgIpc) is 2.06. The highest BCUT2D eigenvalue weighted by Crippen LogP contribution is 2.33. The topological polar surface area (TPSA) is 46.2 Å². The third-order valence-electron chi connectivity index (χ3n) is 0.937. The first-order chi connectivity index (χ1) is 5.38. The van der Waals surface area contributed by atoms with E-state index in [4.69, 9.17) is 34.8 Å². The molecule has 3 nitrogen and oxygen atoms in total. The highest BCUT2D eigenvalue weighted by atomic mass is 35.6. The zero-order valence-electron chi connectivity index (χ0n) is 5.44. The quantitative estimate of drug-likeness (QED) is 0.527. The highest BCUT2D eigenvalue weighted by molar-refractivity contribution is 8.18. The van der Waals surface area contributed by atoms with Crippen LogP contribution in [0.3, 0.4) is 0 Å². The largest absolute Gasteiger partial charge is 0.290 e. The summed E-state index contributed by atoms with van der Waals surface area (Å²) in [6, 6.07) is 0. The second-order valence-corrected chi connectivity index (χ2v) is 5.28. The van der Waals surface area contributed by atoms with E-state index in [1.165, 1.54) is 0 Å². The number of amides is 2. The van der Waals surface area contributed by atoms with Crippen molar-refractivity contribution in [2.45, 2.75) is 3.79 Å². The van der Waals surface area contributed by atoms with Gasteiger partial charge in [-0.05, 0) is 17.8 Å². The van der Waals surface area contributed by atoms with E-state index in [2.05, 4.69) is 0 Å². The Morgan fingerprint density at radius 1 is 1.33 bits per heavy atom. The third kappa shape index (κ3) is 2.86. The zero-order valence-corrected chi connectivity index (χ0v) is 8.52. The number of allylic oxidation sites excluding steroid dienone is 1. The molecule has 0 radical (unpaired) electrons. The number of alkyl halides is 3. The zero-order chi connectivity index (χ0) is 9.35. The molecule has 0 aromatic carbocycles. The summed E-state index contributed by atoms with van der Waals surface area (Å²) in [4.78, 5) is 21.6. The molecule has 0 aliphatic carbocycles. The van der Waals surface area contributed by atoms with E-state index >= 15 is 0 Å². The molecule has 0 aromatic heterocycles. The van der Waals surface area contributed by atoms with Crippen molar-refractivity contribution in [2.24, 2.45) is 0 Å². The molecule has 0 saturated carbocycles. The summed E-state index contributed by atoms with van der Waals surface area (Å²) in [5, 5.41) is 1.57. The minimum absolute atomic E-state index is 0.111. The molecule has 1 N–H and O–H groups in total. The van der Waals surface area contributed by atoms with Crippen molar-refractivity contribution in [3.8, 4) is 0 Å². The molecule has 1 saturated heterocycles. The number of rotatable bonds is 0. The van der Waals surface area contributed by atoms with Crippen molar-refractivity contribution in [2.75, 3.05) is 0 Å². The lowest BCUT2D eigenvalue weighted by atomic mass is 10.5. The molecular weight excluding hydrogens is 244 g/mol. The fourth-order valence-electron chi connectivity index (χ4n) is 0.570. The summed E-state index contributed by atoms with van der Waals surface area (Å²) >= 11 is 16.8. The Morgan fingerprint density at radius 2 is 1.92 bits per heavy atom. The third-order valence-corrected chi connectivity index (χ3v) is 2.07. The smallest absolute Gasteiger partial charge is 0.282 e. The maximum absolute atomic E-state index is 10.9. The van der Waals surface area contributed by atoms with Gasteiger partial charge in [-0.2, -0.15) is 0 Å². The van der Waals surface area contributed by atoms with Gasteiger partial charge in [0.05, 0.1) is 4.91 Å². The van der Waals surface area contributed by atoms with Crippen molar-refractivity contribution in [3.05, 3.63) is 11.0 Å². The number of hydrogen-bond donors (Lipinski definition) is 1. The van der Waals surface area contributed by atoms with Gasteiger partial charge in [0, 0.05) is 0 Å². The first-order valence-corrected chi connectivity index (χ1v) is 4.66. The van der Waals surface area contributed by atoms with E-state index in [1.54, 1.807) is 0 Å². The van der Waals surface area contributed by atoms with Crippen LogP contribution in [0.5, 0.6) is 0 Å². The van der Waals surface area contributed by atoms with E-state index in [-0.39, 0.29) is 4.91 Å². The summed E-state index contributed by atoms with van der Waals surface area (Å²) in [7, 11) is 0. The molecule has 0 aromatic rings. The normalized spacial score (nSPS) is 21.8. The van der Waals surface area contributed by atoms with Gasteiger partial charge >= 0.3 is 0 Å². The van der Waals surface area contributed by atoms with Crippen molar-refractivity contribution in [1.29, 1.82) is 0 Å². The Bertz CT molecular complexity index is 270. The van der Waals surface area contributed by atoms with Gasteiger partial charge in [0.25, 0.3) is 11.1 Å². The molecule has 12 heavy (non-hydrogen) atoms. The van der Waals surface area contributed by atoms with Crippen LogP contribution in [0.2, 0.25) is 0 Å². The van der Waals surface area contributed by atoms with E-state index in [0.29, 0.717) is 11.8 Å². The van der Waals surface area contributed by atoms with E-state index < -0.39 is 14.9 Å². The Balaban J connectivity index is 2.84. The summed E-state index contributed by atoms with van der Waals surface area (Å²) < 4.78 is -1.65. The first kappa shape index (κ1) is 10.2. The number of carbonyl (C=O) groups is 2. The van der Waals surface area contributed by atoms with Crippen molar-refractivity contribution in [3.63, 3.8) is 0 Å². The van der Waals surface area contributed by atoms with Crippen molar-refractivity contribution >= 4 is 57.7 Å². The molecule has 1 aliphatic rings. The molecule has 7 heteroatoms. The van der Waals surface area contributed by atoms with Crippen LogP contribution in [0.1, 0.15) is 0 Å². The minimum atomic E-state index is -1.65. The SMILES string of the molecule is O=C1NC(=O)/C(=C/C(Cl)(Cl)Cl)S1. The molecular formula is C5H2Cl3NO2S. The number of hydrogen-bond acceptors (Lipinski definition) is 3. The van der Waals surface area contributed by atoms with Crippen LogP contribution in [0.15, 0.2) is 11.0 Å².